The van der Waals surface area contributed by atoms with Gasteiger partial charge in [-0.1, -0.05) is 24.3 Å². The maximum absolute atomic E-state index is 13.0. The van der Waals surface area contributed by atoms with Gasteiger partial charge in [0.25, 0.3) is 0 Å². The summed E-state index contributed by atoms with van der Waals surface area (Å²) in [6.45, 7) is 4.19. The van der Waals surface area contributed by atoms with Gasteiger partial charge in [0.1, 0.15) is 17.4 Å². The third-order valence-corrected chi connectivity index (χ3v) is 7.07. The van der Waals surface area contributed by atoms with Crippen LogP contribution < -0.4 is 9.64 Å². The summed E-state index contributed by atoms with van der Waals surface area (Å²) in [6, 6.07) is 12.0. The number of methoxy groups -OCH3 is 1. The SMILES string of the molecule is COc1ccccc1Cc1nc2c(c(N3CCOCC3)n1)CN(C(=O)Cc1cccs1)CC2. The van der Waals surface area contributed by atoms with E-state index in [1.165, 1.54) is 0 Å². The van der Waals surface area contributed by atoms with E-state index in [1.807, 2.05) is 40.6 Å². The molecular weight excluding hydrogens is 436 g/mol. The number of aromatic nitrogens is 2. The summed E-state index contributed by atoms with van der Waals surface area (Å²) in [4.78, 5) is 28.3. The Morgan fingerprint density at radius 3 is 2.76 bits per heavy atom. The second-order valence-electron chi connectivity index (χ2n) is 8.30. The predicted octanol–water partition coefficient (Wildman–Crippen LogP) is 3.10. The van der Waals surface area contributed by atoms with Crippen molar-refractivity contribution >= 4 is 23.1 Å². The highest BCUT2D eigenvalue weighted by molar-refractivity contribution is 7.10. The molecule has 7 nitrogen and oxygen atoms in total. The van der Waals surface area contributed by atoms with E-state index in [9.17, 15) is 4.79 Å². The van der Waals surface area contributed by atoms with Crippen molar-refractivity contribution in [2.24, 2.45) is 0 Å². The highest BCUT2D eigenvalue weighted by atomic mass is 32.1. The Balaban J connectivity index is 1.44. The Hall–Kier alpha value is -2.97. The summed E-state index contributed by atoms with van der Waals surface area (Å²) in [5.41, 5.74) is 3.19. The van der Waals surface area contributed by atoms with Crippen LogP contribution in [-0.4, -0.2) is 60.7 Å². The summed E-state index contributed by atoms with van der Waals surface area (Å²) in [5, 5.41) is 2.02. The van der Waals surface area contributed by atoms with Crippen LogP contribution in [0.3, 0.4) is 0 Å². The number of anilines is 1. The second kappa shape index (κ2) is 9.89. The zero-order chi connectivity index (χ0) is 22.6. The van der Waals surface area contributed by atoms with E-state index in [0.717, 1.165) is 58.6 Å². The first-order valence-electron chi connectivity index (χ1n) is 11.3. The van der Waals surface area contributed by atoms with Crippen molar-refractivity contribution in [1.29, 1.82) is 0 Å². The van der Waals surface area contributed by atoms with Crippen LogP contribution in [-0.2, 0) is 35.3 Å². The predicted molar refractivity (Wildman–Crippen MR) is 128 cm³/mol. The molecule has 0 saturated carbocycles. The number of carbonyl (C=O) groups is 1. The lowest BCUT2D eigenvalue weighted by molar-refractivity contribution is -0.131. The van der Waals surface area contributed by atoms with Crippen LogP contribution in [0.2, 0.25) is 0 Å². The Morgan fingerprint density at radius 2 is 1.97 bits per heavy atom. The van der Waals surface area contributed by atoms with Gasteiger partial charge >= 0.3 is 0 Å². The fourth-order valence-corrected chi connectivity index (χ4v) is 5.16. The molecule has 0 unspecified atom stereocenters. The van der Waals surface area contributed by atoms with Crippen molar-refractivity contribution < 1.29 is 14.3 Å². The third kappa shape index (κ3) is 4.86. The first-order chi connectivity index (χ1) is 16.2. The molecule has 2 aliphatic rings. The van der Waals surface area contributed by atoms with Gasteiger partial charge in [0.2, 0.25) is 5.91 Å². The van der Waals surface area contributed by atoms with Crippen LogP contribution in [0.25, 0.3) is 0 Å². The van der Waals surface area contributed by atoms with E-state index in [0.29, 0.717) is 39.1 Å². The topological polar surface area (TPSA) is 67.8 Å². The summed E-state index contributed by atoms with van der Waals surface area (Å²) >= 11 is 1.63. The quantitative estimate of drug-likeness (QED) is 0.559. The molecule has 1 fully saturated rings. The zero-order valence-electron chi connectivity index (χ0n) is 18.8. The first-order valence-corrected chi connectivity index (χ1v) is 12.2. The smallest absolute Gasteiger partial charge is 0.228 e. The summed E-state index contributed by atoms with van der Waals surface area (Å²) in [6.07, 6.45) is 1.80. The molecule has 1 amide bonds. The Bertz CT molecular complexity index is 1110. The number of benzene rings is 1. The number of ether oxygens (including phenoxy) is 2. The molecule has 0 atom stereocenters. The van der Waals surface area contributed by atoms with Gasteiger partial charge in [-0.05, 0) is 17.5 Å². The van der Waals surface area contributed by atoms with Crippen molar-refractivity contribution in [2.75, 3.05) is 44.9 Å². The van der Waals surface area contributed by atoms with Gasteiger partial charge < -0.3 is 19.3 Å². The van der Waals surface area contributed by atoms with Crippen molar-refractivity contribution in [1.82, 2.24) is 14.9 Å². The van der Waals surface area contributed by atoms with Gasteiger partial charge in [-0.2, -0.15) is 0 Å². The standard InChI is InChI=1S/C25H28N4O3S/c1-31-22-7-3-2-5-18(22)15-23-26-21-8-9-29(24(30)16-19-6-4-14-33-19)17-20(21)25(27-23)28-10-12-32-13-11-28/h2-7,14H,8-13,15-17H2,1H3. The number of carbonyl (C=O) groups excluding carboxylic acids is 1. The summed E-state index contributed by atoms with van der Waals surface area (Å²) in [5.74, 6) is 2.74. The van der Waals surface area contributed by atoms with Crippen molar-refractivity contribution in [3.8, 4) is 5.75 Å². The molecule has 172 valence electrons. The van der Waals surface area contributed by atoms with Gasteiger partial charge in [0, 0.05) is 48.5 Å². The molecule has 0 aliphatic carbocycles. The van der Waals surface area contributed by atoms with Crippen LogP contribution in [0.1, 0.15) is 27.5 Å². The average Bonchev–Trinajstić information content (AvgIpc) is 3.37. The minimum Gasteiger partial charge on any atom is -0.496 e. The monoisotopic (exact) mass is 464 g/mol. The first kappa shape index (κ1) is 21.9. The fourth-order valence-electron chi connectivity index (χ4n) is 4.47. The molecule has 8 heteroatoms. The third-order valence-electron chi connectivity index (χ3n) is 6.19. The van der Waals surface area contributed by atoms with Gasteiger partial charge in [-0.25, -0.2) is 9.97 Å². The molecule has 0 bridgehead atoms. The minimum absolute atomic E-state index is 0.161. The fraction of sp³-hybridized carbons (Fsp3) is 0.400. The van der Waals surface area contributed by atoms with E-state index in [2.05, 4.69) is 11.0 Å². The molecule has 2 aliphatic heterocycles. The van der Waals surface area contributed by atoms with E-state index in [1.54, 1.807) is 18.4 Å². The normalized spacial score (nSPS) is 15.9. The molecule has 1 aromatic carbocycles. The highest BCUT2D eigenvalue weighted by Crippen LogP contribution is 2.29. The van der Waals surface area contributed by atoms with E-state index >= 15 is 0 Å². The van der Waals surface area contributed by atoms with E-state index in [4.69, 9.17) is 19.4 Å². The summed E-state index contributed by atoms with van der Waals surface area (Å²) < 4.78 is 11.1. The second-order valence-corrected chi connectivity index (χ2v) is 9.33. The number of hydrogen-bond donors (Lipinski definition) is 0. The highest BCUT2D eigenvalue weighted by Gasteiger charge is 2.28. The van der Waals surface area contributed by atoms with Crippen LogP contribution in [0.5, 0.6) is 5.75 Å². The van der Waals surface area contributed by atoms with Crippen LogP contribution in [0.4, 0.5) is 5.82 Å². The van der Waals surface area contributed by atoms with Gasteiger partial charge in [0.05, 0.1) is 39.0 Å². The van der Waals surface area contributed by atoms with Crippen LogP contribution in [0.15, 0.2) is 41.8 Å². The molecular formula is C25H28N4O3S. The van der Waals surface area contributed by atoms with Crippen LogP contribution in [0, 0.1) is 0 Å². The van der Waals surface area contributed by atoms with Crippen LogP contribution >= 0.6 is 11.3 Å². The van der Waals surface area contributed by atoms with Crippen molar-refractivity contribution in [3.63, 3.8) is 0 Å². The van der Waals surface area contributed by atoms with E-state index in [-0.39, 0.29) is 5.91 Å². The molecule has 0 N–H and O–H groups in total. The number of morpholine rings is 1. The van der Waals surface area contributed by atoms with Gasteiger partial charge in [-0.3, -0.25) is 4.79 Å². The Labute approximate surface area is 198 Å². The maximum Gasteiger partial charge on any atom is 0.228 e. The Kier molecular flexibility index (Phi) is 6.55. The molecule has 3 aromatic rings. The lowest BCUT2D eigenvalue weighted by Gasteiger charge is -2.34. The largest absolute Gasteiger partial charge is 0.496 e. The maximum atomic E-state index is 13.0. The minimum atomic E-state index is 0.161. The number of nitrogens with zero attached hydrogens (tertiary/aromatic N) is 4. The van der Waals surface area contributed by atoms with E-state index < -0.39 is 0 Å². The lowest BCUT2D eigenvalue weighted by Crippen LogP contribution is -2.41. The molecule has 4 heterocycles. The molecule has 0 spiro atoms. The molecule has 1 saturated heterocycles. The van der Waals surface area contributed by atoms with Crippen molar-refractivity contribution in [2.45, 2.75) is 25.8 Å². The zero-order valence-corrected chi connectivity index (χ0v) is 19.6. The van der Waals surface area contributed by atoms with Gasteiger partial charge in [0.15, 0.2) is 0 Å². The summed E-state index contributed by atoms with van der Waals surface area (Å²) in [7, 11) is 1.69. The number of para-hydroxylation sites is 1. The number of amides is 1. The number of fused-ring (bicyclic) bond motifs is 1. The molecule has 2 aromatic heterocycles. The lowest BCUT2D eigenvalue weighted by atomic mass is 10.0. The Morgan fingerprint density at radius 1 is 1.12 bits per heavy atom. The molecule has 33 heavy (non-hydrogen) atoms. The number of rotatable bonds is 6. The van der Waals surface area contributed by atoms with Gasteiger partial charge in [-0.15, -0.1) is 11.3 Å². The molecule has 5 rings (SSSR count). The molecule has 0 radical (unpaired) electrons. The van der Waals surface area contributed by atoms with Crippen molar-refractivity contribution in [3.05, 3.63) is 69.3 Å². The number of hydrogen-bond acceptors (Lipinski definition) is 7. The average molecular weight is 465 g/mol. The number of thiophene rings is 1.